The lowest BCUT2D eigenvalue weighted by molar-refractivity contribution is -0.142. The zero-order chi connectivity index (χ0) is 17.7. The zero-order valence-corrected chi connectivity index (χ0v) is 15.0. The predicted octanol–water partition coefficient (Wildman–Crippen LogP) is 2.28. The molecule has 0 radical (unpaired) electrons. The fraction of sp³-hybridized carbons (Fsp3) is 0.579. The first-order valence-electron chi connectivity index (χ1n) is 9.48. The molecule has 5 rings (SSSR count). The van der Waals surface area contributed by atoms with Crippen LogP contribution >= 0.6 is 0 Å². The molecule has 3 fully saturated rings. The van der Waals surface area contributed by atoms with Crippen molar-refractivity contribution in [1.82, 2.24) is 20.0 Å². The Morgan fingerprint density at radius 2 is 2.15 bits per heavy atom. The Hall–Kier alpha value is -2.44. The number of hydrogen-bond acceptors (Lipinski definition) is 6. The van der Waals surface area contributed by atoms with Gasteiger partial charge in [0.1, 0.15) is 5.82 Å². The lowest BCUT2D eigenvalue weighted by Gasteiger charge is -2.52. The van der Waals surface area contributed by atoms with Crippen molar-refractivity contribution in [1.29, 1.82) is 0 Å². The van der Waals surface area contributed by atoms with Crippen LogP contribution in [0.2, 0.25) is 0 Å². The Labute approximate surface area is 152 Å². The fourth-order valence-corrected chi connectivity index (χ4v) is 4.91. The first-order chi connectivity index (χ1) is 12.7. The van der Waals surface area contributed by atoms with Crippen molar-refractivity contribution in [2.75, 3.05) is 24.5 Å². The number of hydrogen-bond donors (Lipinski definition) is 0. The van der Waals surface area contributed by atoms with E-state index in [1.165, 1.54) is 6.42 Å². The molecule has 3 atom stereocenters. The minimum Gasteiger partial charge on any atom is -0.356 e. The van der Waals surface area contributed by atoms with E-state index < -0.39 is 0 Å². The minimum absolute atomic E-state index is 0.363. The van der Waals surface area contributed by atoms with E-state index in [0.717, 1.165) is 50.3 Å². The highest BCUT2D eigenvalue weighted by molar-refractivity contribution is 5.77. The molecule has 0 N–H and O–H groups in total. The van der Waals surface area contributed by atoms with Gasteiger partial charge in [-0.2, -0.15) is 4.98 Å². The van der Waals surface area contributed by atoms with Crippen LogP contribution in [0.15, 0.2) is 22.9 Å². The van der Waals surface area contributed by atoms with Gasteiger partial charge in [0.05, 0.1) is 5.56 Å². The Bertz CT molecular complexity index is 818. The molecule has 26 heavy (non-hydrogen) atoms. The van der Waals surface area contributed by atoms with E-state index in [9.17, 15) is 4.79 Å². The van der Waals surface area contributed by atoms with Crippen LogP contribution in [0.1, 0.15) is 31.5 Å². The van der Waals surface area contributed by atoms with E-state index in [1.54, 1.807) is 6.92 Å². The minimum atomic E-state index is 0.363. The highest BCUT2D eigenvalue weighted by Crippen LogP contribution is 2.39. The molecule has 3 saturated heterocycles. The Balaban J connectivity index is 1.34. The molecule has 1 amide bonds. The van der Waals surface area contributed by atoms with Gasteiger partial charge in [-0.3, -0.25) is 4.79 Å². The monoisotopic (exact) mass is 353 g/mol. The number of carbonyl (C=O) groups excluding carboxylic acids is 1. The summed E-state index contributed by atoms with van der Waals surface area (Å²) in [6, 6.07) is 4.46. The van der Waals surface area contributed by atoms with Gasteiger partial charge in [0, 0.05) is 38.3 Å². The highest BCUT2D eigenvalue weighted by atomic mass is 16.5. The summed E-state index contributed by atoms with van der Waals surface area (Å²) in [5.41, 5.74) is 0.843. The van der Waals surface area contributed by atoms with Crippen molar-refractivity contribution in [3.8, 4) is 11.5 Å². The van der Waals surface area contributed by atoms with Gasteiger partial charge >= 0.3 is 0 Å². The predicted molar refractivity (Wildman–Crippen MR) is 95.4 cm³/mol. The molecule has 0 aromatic carbocycles. The maximum Gasteiger partial charge on any atom is 0.259 e. The molecule has 2 aromatic heterocycles. The van der Waals surface area contributed by atoms with E-state index in [0.29, 0.717) is 35.5 Å². The SMILES string of the molecule is Cc1noc(-c2ccc(N3C[C@H]4C[C@H](C3)[C@@H]3CCCC(=O)N3C4)nc2)n1. The molecule has 7 nitrogen and oxygen atoms in total. The van der Waals surface area contributed by atoms with Crippen LogP contribution in [0.3, 0.4) is 0 Å². The van der Waals surface area contributed by atoms with Crippen molar-refractivity contribution in [3.63, 3.8) is 0 Å². The molecule has 0 aliphatic carbocycles. The summed E-state index contributed by atoms with van der Waals surface area (Å²) in [5, 5.41) is 3.83. The lowest BCUT2D eigenvalue weighted by atomic mass is 9.76. The number of aromatic nitrogens is 3. The molecular formula is C19H23N5O2. The summed E-state index contributed by atoms with van der Waals surface area (Å²) in [5.74, 6) is 3.60. The smallest absolute Gasteiger partial charge is 0.259 e. The van der Waals surface area contributed by atoms with Gasteiger partial charge in [0.2, 0.25) is 5.91 Å². The number of amides is 1. The average molecular weight is 353 g/mol. The summed E-state index contributed by atoms with van der Waals surface area (Å²) in [7, 11) is 0. The van der Waals surface area contributed by atoms with E-state index in [-0.39, 0.29) is 0 Å². The standard InChI is InChI=1S/C19H23N5O2/c1-12-21-19(26-22-12)14-5-6-17(20-8-14)23-9-13-7-15(11-23)16-3-2-4-18(25)24(16)10-13/h5-6,8,13,15-16H,2-4,7,9-11H2,1H3/t13-,15-,16+/m1/s1. The number of aryl methyl sites for hydroxylation is 1. The van der Waals surface area contributed by atoms with Crippen LogP contribution < -0.4 is 4.90 Å². The van der Waals surface area contributed by atoms with Crippen molar-refractivity contribution in [3.05, 3.63) is 24.2 Å². The number of nitrogens with zero attached hydrogens (tertiary/aromatic N) is 5. The zero-order valence-electron chi connectivity index (χ0n) is 15.0. The molecule has 2 bridgehead atoms. The second-order valence-corrected chi connectivity index (χ2v) is 7.82. The topological polar surface area (TPSA) is 75.4 Å². The molecule has 136 valence electrons. The molecule has 3 aliphatic rings. The number of piperidine rings is 3. The van der Waals surface area contributed by atoms with Crippen LogP contribution in [0.5, 0.6) is 0 Å². The van der Waals surface area contributed by atoms with Crippen LogP contribution in [0.25, 0.3) is 11.5 Å². The second-order valence-electron chi connectivity index (χ2n) is 7.82. The van der Waals surface area contributed by atoms with Crippen LogP contribution in [-0.2, 0) is 4.79 Å². The fourth-order valence-electron chi connectivity index (χ4n) is 4.91. The highest BCUT2D eigenvalue weighted by Gasteiger charge is 2.44. The van der Waals surface area contributed by atoms with Crippen molar-refractivity contribution >= 4 is 11.7 Å². The lowest BCUT2D eigenvalue weighted by Crippen LogP contribution is -2.60. The van der Waals surface area contributed by atoms with Gasteiger partial charge in [-0.05, 0) is 50.2 Å². The second kappa shape index (κ2) is 6.07. The number of rotatable bonds is 2. The summed E-state index contributed by atoms with van der Waals surface area (Å²) in [6.45, 7) is 4.67. The number of anilines is 1. The maximum atomic E-state index is 12.3. The third kappa shape index (κ3) is 2.66. The molecule has 3 aliphatic heterocycles. The van der Waals surface area contributed by atoms with Crippen LogP contribution in [0.4, 0.5) is 5.82 Å². The van der Waals surface area contributed by atoms with Crippen molar-refractivity contribution in [2.24, 2.45) is 11.8 Å². The number of carbonyl (C=O) groups is 1. The maximum absolute atomic E-state index is 12.3. The van der Waals surface area contributed by atoms with Gasteiger partial charge in [-0.15, -0.1) is 0 Å². The molecule has 0 unspecified atom stereocenters. The average Bonchev–Trinajstić information content (AvgIpc) is 3.09. The Morgan fingerprint density at radius 1 is 1.23 bits per heavy atom. The van der Waals surface area contributed by atoms with Crippen molar-refractivity contribution in [2.45, 2.75) is 38.6 Å². The van der Waals surface area contributed by atoms with Gasteiger partial charge in [-0.1, -0.05) is 5.16 Å². The Kier molecular flexibility index (Phi) is 3.69. The molecule has 5 heterocycles. The number of fused-ring (bicyclic) bond motifs is 4. The summed E-state index contributed by atoms with van der Waals surface area (Å²) < 4.78 is 5.21. The number of pyridine rings is 1. The van der Waals surface area contributed by atoms with Crippen LogP contribution in [-0.4, -0.2) is 51.6 Å². The van der Waals surface area contributed by atoms with E-state index in [2.05, 4.69) is 24.9 Å². The quantitative estimate of drug-likeness (QED) is 0.824. The molecule has 7 heteroatoms. The summed E-state index contributed by atoms with van der Waals surface area (Å²) in [6.07, 6.45) is 5.97. The third-order valence-corrected chi connectivity index (χ3v) is 6.03. The van der Waals surface area contributed by atoms with E-state index in [4.69, 9.17) is 4.52 Å². The van der Waals surface area contributed by atoms with Gasteiger partial charge in [0.25, 0.3) is 5.89 Å². The summed E-state index contributed by atoms with van der Waals surface area (Å²) in [4.78, 5) is 25.7. The van der Waals surface area contributed by atoms with Crippen molar-refractivity contribution < 1.29 is 9.32 Å². The molecular weight excluding hydrogens is 330 g/mol. The van der Waals surface area contributed by atoms with Gasteiger partial charge < -0.3 is 14.3 Å². The Morgan fingerprint density at radius 3 is 2.92 bits per heavy atom. The first-order valence-corrected chi connectivity index (χ1v) is 9.48. The van der Waals surface area contributed by atoms with Gasteiger partial charge in [-0.25, -0.2) is 4.98 Å². The normalized spacial score (nSPS) is 28.2. The van der Waals surface area contributed by atoms with Gasteiger partial charge in [0.15, 0.2) is 5.82 Å². The van der Waals surface area contributed by atoms with E-state index >= 15 is 0 Å². The first kappa shape index (κ1) is 15.8. The van der Waals surface area contributed by atoms with E-state index in [1.807, 2.05) is 18.3 Å². The third-order valence-electron chi connectivity index (χ3n) is 6.03. The molecule has 0 spiro atoms. The summed E-state index contributed by atoms with van der Waals surface area (Å²) >= 11 is 0. The molecule has 2 aromatic rings. The molecule has 0 saturated carbocycles. The van der Waals surface area contributed by atoms with Crippen LogP contribution in [0, 0.1) is 18.8 Å². The largest absolute Gasteiger partial charge is 0.356 e.